The van der Waals surface area contributed by atoms with E-state index in [1.54, 1.807) is 18.2 Å². The molecule has 2 aliphatic heterocycles. The Morgan fingerprint density at radius 2 is 1.78 bits per heavy atom. The maximum absolute atomic E-state index is 14.0. The summed E-state index contributed by atoms with van der Waals surface area (Å²) < 4.78 is 47.6. The highest BCUT2D eigenvalue weighted by atomic mass is 19.4. The molecule has 0 amide bonds. The van der Waals surface area contributed by atoms with Crippen LogP contribution < -0.4 is 0 Å². The van der Waals surface area contributed by atoms with Gasteiger partial charge >= 0.3 is 12.1 Å². The van der Waals surface area contributed by atoms with Crippen molar-refractivity contribution < 1.29 is 32.3 Å². The molecule has 36 heavy (non-hydrogen) atoms. The number of piperidine rings is 1. The van der Waals surface area contributed by atoms with Crippen molar-refractivity contribution in [3.05, 3.63) is 70.3 Å². The molecule has 2 aliphatic rings. The number of carbonyl (C=O) groups is 3. The van der Waals surface area contributed by atoms with Crippen LogP contribution in [0.25, 0.3) is 0 Å². The Hall–Kier alpha value is -3.00. The van der Waals surface area contributed by atoms with Crippen LogP contribution in [0.15, 0.2) is 42.5 Å². The number of hydrogen-bond donors (Lipinski definition) is 0. The molecule has 0 spiro atoms. The first-order valence-corrected chi connectivity index (χ1v) is 12.3. The number of benzene rings is 2. The molecule has 8 heteroatoms. The van der Waals surface area contributed by atoms with Gasteiger partial charge in [-0.25, -0.2) is 0 Å². The Bertz CT molecular complexity index is 1120. The van der Waals surface area contributed by atoms with E-state index in [4.69, 9.17) is 4.74 Å². The van der Waals surface area contributed by atoms with Gasteiger partial charge in [0.2, 0.25) is 0 Å². The maximum atomic E-state index is 14.0. The average molecular weight is 502 g/mol. The standard InChI is InChI=1S/C28H30F3NO4/c1-17(2)10-20-14-32-9-8-19-11-21(15-33)22(16-34)12-23(19)24(32)13-25(20)36-27(35)26(28(29,30)31)18-6-4-3-5-7-18/h3-7,11-12,15-17,20,24-26H,8-10,13-14H2,1-2H3/t20?,24-,25-,26+/m0/s1. The number of aldehydes is 2. The van der Waals surface area contributed by atoms with Gasteiger partial charge in [0, 0.05) is 42.6 Å². The second-order valence-corrected chi connectivity index (χ2v) is 10.2. The summed E-state index contributed by atoms with van der Waals surface area (Å²) in [6, 6.07) is 10.3. The van der Waals surface area contributed by atoms with Crippen LogP contribution in [0.2, 0.25) is 0 Å². The predicted molar refractivity (Wildman–Crippen MR) is 128 cm³/mol. The summed E-state index contributed by atoms with van der Waals surface area (Å²) in [6.07, 6.45) is -2.46. The van der Waals surface area contributed by atoms with E-state index in [-0.39, 0.29) is 29.0 Å². The van der Waals surface area contributed by atoms with Gasteiger partial charge in [-0.15, -0.1) is 0 Å². The van der Waals surface area contributed by atoms with Crippen LogP contribution in [0.3, 0.4) is 0 Å². The number of nitrogens with zero attached hydrogens (tertiary/aromatic N) is 1. The van der Waals surface area contributed by atoms with Gasteiger partial charge in [0.25, 0.3) is 0 Å². The molecule has 192 valence electrons. The summed E-state index contributed by atoms with van der Waals surface area (Å²) >= 11 is 0. The lowest BCUT2D eigenvalue weighted by atomic mass is 9.78. The summed E-state index contributed by atoms with van der Waals surface area (Å²) in [5.74, 6) is -3.49. The fraction of sp³-hybridized carbons (Fsp3) is 0.464. The molecule has 0 N–H and O–H groups in total. The molecule has 1 unspecified atom stereocenters. The lowest BCUT2D eigenvalue weighted by Gasteiger charge is -2.47. The Labute approximate surface area is 208 Å². The fourth-order valence-corrected chi connectivity index (χ4v) is 5.67. The number of alkyl halides is 3. The third kappa shape index (κ3) is 5.38. The summed E-state index contributed by atoms with van der Waals surface area (Å²) in [6.45, 7) is 5.38. The number of halogens is 3. The van der Waals surface area contributed by atoms with E-state index in [2.05, 4.69) is 4.90 Å². The van der Waals surface area contributed by atoms with Gasteiger partial charge in [0.15, 0.2) is 18.5 Å². The lowest BCUT2D eigenvalue weighted by Crippen LogP contribution is -2.50. The van der Waals surface area contributed by atoms with Gasteiger partial charge in [-0.2, -0.15) is 13.2 Å². The van der Waals surface area contributed by atoms with E-state index in [0.717, 1.165) is 17.7 Å². The van der Waals surface area contributed by atoms with Crippen LogP contribution in [0, 0.1) is 11.8 Å². The van der Waals surface area contributed by atoms with Gasteiger partial charge in [0.05, 0.1) is 0 Å². The number of ether oxygens (including phenoxy) is 1. The van der Waals surface area contributed by atoms with Crippen molar-refractivity contribution in [3.8, 4) is 0 Å². The topological polar surface area (TPSA) is 63.7 Å². The minimum Gasteiger partial charge on any atom is -0.461 e. The van der Waals surface area contributed by atoms with Crippen LogP contribution in [-0.4, -0.2) is 48.8 Å². The molecule has 5 nitrogen and oxygen atoms in total. The molecule has 2 aromatic carbocycles. The van der Waals surface area contributed by atoms with Crippen molar-refractivity contribution in [3.63, 3.8) is 0 Å². The molecule has 0 bridgehead atoms. The Kier molecular flexibility index (Phi) is 7.64. The summed E-state index contributed by atoms with van der Waals surface area (Å²) in [7, 11) is 0. The third-order valence-corrected chi connectivity index (χ3v) is 7.25. The molecular weight excluding hydrogens is 471 g/mol. The van der Waals surface area contributed by atoms with E-state index in [9.17, 15) is 27.6 Å². The highest BCUT2D eigenvalue weighted by Crippen LogP contribution is 2.43. The monoisotopic (exact) mass is 501 g/mol. The molecule has 4 atom stereocenters. The lowest BCUT2D eigenvalue weighted by molar-refractivity contribution is -0.190. The quantitative estimate of drug-likeness (QED) is 0.369. The first kappa shape index (κ1) is 26.1. The Balaban J connectivity index is 1.65. The molecule has 4 rings (SSSR count). The van der Waals surface area contributed by atoms with Crippen molar-refractivity contribution in [1.82, 2.24) is 4.90 Å². The van der Waals surface area contributed by atoms with Gasteiger partial charge < -0.3 is 4.74 Å². The normalized spacial score (nSPS) is 22.9. The van der Waals surface area contributed by atoms with E-state index in [0.29, 0.717) is 43.9 Å². The molecule has 0 radical (unpaired) electrons. The Morgan fingerprint density at radius 3 is 2.39 bits per heavy atom. The molecule has 1 saturated heterocycles. The van der Waals surface area contributed by atoms with E-state index in [1.807, 2.05) is 13.8 Å². The highest BCUT2D eigenvalue weighted by molar-refractivity contribution is 5.91. The zero-order valence-electron chi connectivity index (χ0n) is 20.3. The Morgan fingerprint density at radius 1 is 1.11 bits per heavy atom. The van der Waals surface area contributed by atoms with E-state index < -0.39 is 24.2 Å². The maximum Gasteiger partial charge on any atom is 0.406 e. The van der Waals surface area contributed by atoms with E-state index in [1.165, 1.54) is 24.3 Å². The van der Waals surface area contributed by atoms with Crippen LogP contribution in [0.1, 0.15) is 76.1 Å². The number of rotatable bonds is 7. The summed E-state index contributed by atoms with van der Waals surface area (Å²) in [5.41, 5.74) is 2.27. The molecule has 2 aromatic rings. The summed E-state index contributed by atoms with van der Waals surface area (Å²) in [5, 5.41) is 0. The second kappa shape index (κ2) is 10.5. The molecule has 0 aromatic heterocycles. The molecule has 0 aliphatic carbocycles. The first-order chi connectivity index (χ1) is 17.1. The second-order valence-electron chi connectivity index (χ2n) is 10.2. The minimum absolute atomic E-state index is 0.115. The molecular formula is C28H30F3NO4. The van der Waals surface area contributed by atoms with Gasteiger partial charge in [-0.05, 0) is 47.6 Å². The number of carbonyl (C=O) groups excluding carboxylic acids is 3. The van der Waals surface area contributed by atoms with Gasteiger partial charge in [0.1, 0.15) is 6.10 Å². The zero-order chi connectivity index (χ0) is 26.0. The third-order valence-electron chi connectivity index (χ3n) is 7.25. The predicted octanol–water partition coefficient (Wildman–Crippen LogP) is 5.53. The number of hydrogen-bond acceptors (Lipinski definition) is 5. The van der Waals surface area contributed by atoms with Crippen LogP contribution >= 0.6 is 0 Å². The zero-order valence-corrected chi connectivity index (χ0v) is 20.3. The summed E-state index contributed by atoms with van der Waals surface area (Å²) in [4.78, 5) is 38.3. The highest BCUT2D eigenvalue weighted by Gasteiger charge is 2.49. The van der Waals surface area contributed by atoms with Crippen LogP contribution in [0.5, 0.6) is 0 Å². The van der Waals surface area contributed by atoms with Crippen molar-refractivity contribution in [2.75, 3.05) is 13.1 Å². The smallest absolute Gasteiger partial charge is 0.406 e. The van der Waals surface area contributed by atoms with E-state index >= 15 is 0 Å². The largest absolute Gasteiger partial charge is 0.461 e. The number of esters is 1. The van der Waals surface area contributed by atoms with Gasteiger partial charge in [-0.3, -0.25) is 19.3 Å². The molecule has 0 saturated carbocycles. The molecule has 1 fully saturated rings. The van der Waals surface area contributed by atoms with Crippen molar-refractivity contribution >= 4 is 18.5 Å². The van der Waals surface area contributed by atoms with Crippen molar-refractivity contribution in [2.45, 2.75) is 57.3 Å². The van der Waals surface area contributed by atoms with Crippen molar-refractivity contribution in [2.24, 2.45) is 11.8 Å². The first-order valence-electron chi connectivity index (χ1n) is 12.3. The fourth-order valence-electron chi connectivity index (χ4n) is 5.67. The van der Waals surface area contributed by atoms with Gasteiger partial charge in [-0.1, -0.05) is 44.2 Å². The van der Waals surface area contributed by atoms with Crippen LogP contribution in [-0.2, 0) is 16.0 Å². The average Bonchev–Trinajstić information content (AvgIpc) is 2.83. The van der Waals surface area contributed by atoms with Crippen molar-refractivity contribution in [1.29, 1.82) is 0 Å². The number of fused-ring (bicyclic) bond motifs is 3. The SMILES string of the molecule is CC(C)CC1CN2CCc3cc(C=O)c(C=O)cc3[C@@H]2C[C@@H]1OC(=O)[C@@H](c1ccccc1)C(F)(F)F. The molecule has 2 heterocycles. The van der Waals surface area contributed by atoms with Crippen LogP contribution in [0.4, 0.5) is 13.2 Å². The minimum atomic E-state index is -4.78.